The van der Waals surface area contributed by atoms with E-state index in [4.69, 9.17) is 9.72 Å². The SMILES string of the molecule is CC(C)c1cc(-c2ccccc2F)cc(C(C)C)c1N1[CH-]N(c2[c-]c(Oc3[c-]c4c(cc3)c3ccccc3n4-c3ccccn3)cc(Cc3ccccc3)c2)c2ccccc21.[Pt]. The molecule has 0 aliphatic carbocycles. The molecule has 9 aromatic rings. The van der Waals surface area contributed by atoms with Crippen LogP contribution in [-0.2, 0) is 27.5 Å². The van der Waals surface area contributed by atoms with E-state index in [0.717, 1.165) is 72.6 Å². The van der Waals surface area contributed by atoms with E-state index in [9.17, 15) is 0 Å². The van der Waals surface area contributed by atoms with E-state index in [1.165, 1.54) is 11.6 Å². The van der Waals surface area contributed by atoms with Gasteiger partial charge in [0.05, 0.1) is 0 Å². The molecule has 0 unspecified atom stereocenters. The van der Waals surface area contributed by atoms with Crippen LogP contribution in [0.1, 0.15) is 61.8 Å². The summed E-state index contributed by atoms with van der Waals surface area (Å²) >= 11 is 0. The van der Waals surface area contributed by atoms with Crippen molar-refractivity contribution in [2.24, 2.45) is 0 Å². The number of hydrogen-bond donors (Lipinski definition) is 0. The maximum atomic E-state index is 15.3. The molecule has 5 nitrogen and oxygen atoms in total. The van der Waals surface area contributed by atoms with Crippen molar-refractivity contribution in [3.05, 3.63) is 211 Å². The molecule has 0 fully saturated rings. The Bertz CT molecular complexity index is 3020. The third-order valence-corrected chi connectivity index (χ3v) is 11.5. The molecule has 7 aromatic carbocycles. The molecule has 0 N–H and O–H groups in total. The summed E-state index contributed by atoms with van der Waals surface area (Å²) in [6, 6.07) is 60.3. The second-order valence-electron chi connectivity index (χ2n) is 16.3. The first kappa shape index (κ1) is 40.9. The van der Waals surface area contributed by atoms with E-state index < -0.39 is 0 Å². The standard InChI is InChI=1S/C55H44FN4O.Pt/c1-36(2)47-31-40(44-18-8-10-20-49(44)56)32-48(37(3)4)55(47)59-35-58(51-22-12-13-23-52(51)59)41-29-39(28-38-16-6-5-7-17-38)30-43(33-41)61-42-25-26-46-45-19-9-11-21-50(45)60(53(46)34-42)54-24-14-15-27-57-54;/h5-27,29-32,35-37H,28H2,1-4H3;/q-3;. The molecule has 3 heterocycles. The average Bonchev–Trinajstić information content (AvgIpc) is 3.82. The third kappa shape index (κ3) is 7.58. The summed E-state index contributed by atoms with van der Waals surface area (Å²) in [5.74, 6) is 2.10. The predicted molar refractivity (Wildman–Crippen MR) is 247 cm³/mol. The largest absolute Gasteiger partial charge is 0.509 e. The second-order valence-corrected chi connectivity index (χ2v) is 16.3. The van der Waals surface area contributed by atoms with E-state index in [2.05, 4.69) is 164 Å². The van der Waals surface area contributed by atoms with Gasteiger partial charge >= 0.3 is 0 Å². The Morgan fingerprint density at radius 1 is 0.629 bits per heavy atom. The summed E-state index contributed by atoms with van der Waals surface area (Å²) < 4.78 is 24.2. The molecule has 0 radical (unpaired) electrons. The number of hydrogen-bond acceptors (Lipinski definition) is 4. The van der Waals surface area contributed by atoms with Gasteiger partial charge in [-0.15, -0.1) is 53.6 Å². The van der Waals surface area contributed by atoms with Crippen molar-refractivity contribution in [3.8, 4) is 28.4 Å². The second kappa shape index (κ2) is 17.1. The Morgan fingerprint density at radius 3 is 2.03 bits per heavy atom. The molecular weight excluding hydrogens is 947 g/mol. The first-order chi connectivity index (χ1) is 29.8. The van der Waals surface area contributed by atoms with Gasteiger partial charge in [-0.05, 0) is 94.4 Å². The van der Waals surface area contributed by atoms with Crippen LogP contribution < -0.4 is 14.5 Å². The molecule has 0 saturated carbocycles. The number of anilines is 4. The number of nitrogens with zero attached hydrogens (tertiary/aromatic N) is 4. The van der Waals surface area contributed by atoms with Gasteiger partial charge in [-0.2, -0.15) is 6.07 Å². The first-order valence-electron chi connectivity index (χ1n) is 20.9. The van der Waals surface area contributed by atoms with Gasteiger partial charge in [-0.25, -0.2) is 9.37 Å². The molecular formula is C55H44FN4OPt-3. The van der Waals surface area contributed by atoms with Crippen LogP contribution in [0.4, 0.5) is 27.1 Å². The van der Waals surface area contributed by atoms with E-state index in [-0.39, 0.29) is 38.7 Å². The molecule has 2 aromatic heterocycles. The summed E-state index contributed by atoms with van der Waals surface area (Å²) in [4.78, 5) is 9.22. The number of para-hydroxylation sites is 3. The van der Waals surface area contributed by atoms with E-state index in [0.29, 0.717) is 23.5 Å². The van der Waals surface area contributed by atoms with E-state index in [1.807, 2.05) is 48.7 Å². The number of rotatable bonds is 10. The van der Waals surface area contributed by atoms with Crippen LogP contribution in [0.3, 0.4) is 0 Å². The summed E-state index contributed by atoms with van der Waals surface area (Å²) in [6.45, 7) is 11.0. The number of pyridine rings is 1. The van der Waals surface area contributed by atoms with Crippen molar-refractivity contribution in [3.63, 3.8) is 0 Å². The van der Waals surface area contributed by atoms with E-state index >= 15 is 4.39 Å². The van der Waals surface area contributed by atoms with Crippen molar-refractivity contribution in [2.75, 3.05) is 9.80 Å². The molecule has 1 aliphatic heterocycles. The Labute approximate surface area is 377 Å². The summed E-state index contributed by atoms with van der Waals surface area (Å²) in [7, 11) is 0. The Hall–Kier alpha value is -6.49. The third-order valence-electron chi connectivity index (χ3n) is 11.5. The van der Waals surface area contributed by atoms with Crippen molar-refractivity contribution in [1.29, 1.82) is 0 Å². The van der Waals surface area contributed by atoms with Gasteiger partial charge in [0.15, 0.2) is 0 Å². The van der Waals surface area contributed by atoms with Crippen molar-refractivity contribution in [1.82, 2.24) is 9.55 Å². The normalized spacial score (nSPS) is 12.4. The Morgan fingerprint density at radius 2 is 1.31 bits per heavy atom. The zero-order chi connectivity index (χ0) is 41.6. The maximum absolute atomic E-state index is 15.3. The van der Waals surface area contributed by atoms with Crippen LogP contribution in [0.25, 0.3) is 38.8 Å². The number of fused-ring (bicyclic) bond motifs is 4. The predicted octanol–water partition coefficient (Wildman–Crippen LogP) is 14.6. The molecule has 7 heteroatoms. The van der Waals surface area contributed by atoms with Gasteiger partial charge in [0.1, 0.15) is 11.6 Å². The summed E-state index contributed by atoms with van der Waals surface area (Å²) in [5.41, 5.74) is 12.1. The van der Waals surface area contributed by atoms with E-state index in [1.54, 1.807) is 6.07 Å². The topological polar surface area (TPSA) is 33.5 Å². The number of ether oxygens (including phenoxy) is 1. The van der Waals surface area contributed by atoms with Crippen LogP contribution >= 0.6 is 0 Å². The first-order valence-corrected chi connectivity index (χ1v) is 20.9. The summed E-state index contributed by atoms with van der Waals surface area (Å²) in [6.07, 6.45) is 2.52. The minimum atomic E-state index is -0.221. The zero-order valence-corrected chi connectivity index (χ0v) is 37.2. The monoisotopic (exact) mass is 990 g/mol. The summed E-state index contributed by atoms with van der Waals surface area (Å²) in [5, 5.41) is 2.20. The number of benzene rings is 7. The zero-order valence-electron chi connectivity index (χ0n) is 34.9. The smallest absolute Gasteiger partial charge is 0.135 e. The Balaban J connectivity index is 0.00000490. The van der Waals surface area contributed by atoms with Gasteiger partial charge in [0, 0.05) is 66.9 Å². The molecule has 62 heavy (non-hydrogen) atoms. The van der Waals surface area contributed by atoms with Gasteiger partial charge in [0.2, 0.25) is 0 Å². The fraction of sp³-hybridized carbons (Fsp3) is 0.127. The van der Waals surface area contributed by atoms with Crippen LogP contribution in [0.5, 0.6) is 11.5 Å². The van der Waals surface area contributed by atoms with Gasteiger partial charge in [-0.1, -0.05) is 118 Å². The van der Waals surface area contributed by atoms with Crippen molar-refractivity contribution < 1.29 is 30.2 Å². The quantitative estimate of drug-likeness (QED) is 0.128. The molecule has 1 aliphatic rings. The minimum Gasteiger partial charge on any atom is -0.509 e. The number of halogens is 1. The molecule has 0 spiro atoms. The molecule has 10 rings (SSSR count). The molecule has 0 saturated heterocycles. The van der Waals surface area contributed by atoms with Crippen molar-refractivity contribution >= 4 is 44.6 Å². The average molecular weight is 991 g/mol. The molecule has 0 amide bonds. The molecule has 0 atom stereocenters. The maximum Gasteiger partial charge on any atom is 0.135 e. The fourth-order valence-corrected chi connectivity index (χ4v) is 8.65. The van der Waals surface area contributed by atoms with Crippen LogP contribution in [0.2, 0.25) is 0 Å². The Kier molecular flexibility index (Phi) is 11.3. The fourth-order valence-electron chi connectivity index (χ4n) is 8.65. The van der Waals surface area contributed by atoms with Crippen LogP contribution in [-0.4, -0.2) is 9.55 Å². The minimum absolute atomic E-state index is 0. The van der Waals surface area contributed by atoms with Gasteiger partial charge < -0.3 is 19.1 Å². The van der Waals surface area contributed by atoms with Gasteiger partial charge in [0.25, 0.3) is 0 Å². The van der Waals surface area contributed by atoms with Gasteiger partial charge in [-0.3, -0.25) is 0 Å². The van der Waals surface area contributed by atoms with Crippen LogP contribution in [0.15, 0.2) is 164 Å². The molecule has 310 valence electrons. The molecule has 0 bridgehead atoms. The van der Waals surface area contributed by atoms with Crippen LogP contribution in [0, 0.1) is 24.6 Å². The number of aromatic nitrogens is 2. The van der Waals surface area contributed by atoms with Crippen molar-refractivity contribution in [2.45, 2.75) is 46.0 Å².